The molecule has 72 heavy (non-hydrogen) atoms. The largest absolute Gasteiger partial charge is 0.192 e. The molecule has 0 saturated heterocycles. The van der Waals surface area contributed by atoms with Crippen molar-refractivity contribution in [1.82, 2.24) is 0 Å². The van der Waals surface area contributed by atoms with E-state index in [0.717, 1.165) is 66.8 Å². The highest BCUT2D eigenvalue weighted by atomic mass is 14.6. The van der Waals surface area contributed by atoms with Crippen LogP contribution in [-0.2, 0) is 21.7 Å². The summed E-state index contributed by atoms with van der Waals surface area (Å²) in [6.45, 7) is 0. The van der Waals surface area contributed by atoms with Gasteiger partial charge in [0.2, 0.25) is 0 Å². The Bertz CT molecular complexity index is 3320. The van der Waals surface area contributed by atoms with Crippen molar-refractivity contribution in [3.05, 3.63) is 178 Å². The highest BCUT2D eigenvalue weighted by molar-refractivity contribution is 6.16. The van der Waals surface area contributed by atoms with E-state index >= 15 is 0 Å². The third kappa shape index (κ3) is 6.65. The fraction of sp³-hybridized carbons (Fsp3) is 0.324. The van der Waals surface area contributed by atoms with Gasteiger partial charge in [-0.2, -0.15) is 21.0 Å². The number of hydrogen-bond acceptors (Lipinski definition) is 4. The Morgan fingerprint density at radius 1 is 0.292 bits per heavy atom. The van der Waals surface area contributed by atoms with Gasteiger partial charge >= 0.3 is 0 Å². The van der Waals surface area contributed by atoms with E-state index in [9.17, 15) is 21.0 Å². The lowest BCUT2D eigenvalue weighted by Crippen LogP contribution is -2.24. The van der Waals surface area contributed by atoms with Crippen LogP contribution in [0, 0.1) is 45.3 Å². The Labute approximate surface area is 425 Å². The van der Waals surface area contributed by atoms with Crippen LogP contribution in [-0.4, -0.2) is 0 Å². The van der Waals surface area contributed by atoms with E-state index < -0.39 is 0 Å². The summed E-state index contributed by atoms with van der Waals surface area (Å²) in [7, 11) is 0. The summed E-state index contributed by atoms with van der Waals surface area (Å²) in [5, 5.41) is 43.9. The molecule has 0 unspecified atom stereocenters. The molecule has 350 valence electrons. The molecule has 0 atom stereocenters. The van der Waals surface area contributed by atoms with Gasteiger partial charge in [0.25, 0.3) is 0 Å². The molecular formula is C68H58N4. The summed E-state index contributed by atoms with van der Waals surface area (Å²) in [6, 6.07) is 57.2. The van der Waals surface area contributed by atoms with E-state index in [1.807, 2.05) is 72.8 Å². The Balaban J connectivity index is 1.27. The minimum atomic E-state index is 0.110. The summed E-state index contributed by atoms with van der Waals surface area (Å²) in [5.41, 5.74) is 20.1. The molecule has 6 aliphatic carbocycles. The third-order valence-corrected chi connectivity index (χ3v) is 19.2. The van der Waals surface area contributed by atoms with Crippen LogP contribution in [0.3, 0.4) is 0 Å². The molecule has 0 aromatic heterocycles. The first kappa shape index (κ1) is 44.4. The topological polar surface area (TPSA) is 95.2 Å². The van der Waals surface area contributed by atoms with Crippen LogP contribution in [0.5, 0.6) is 0 Å². The van der Waals surface area contributed by atoms with Gasteiger partial charge in [-0.3, -0.25) is 0 Å². The van der Waals surface area contributed by atoms with Gasteiger partial charge in [0.15, 0.2) is 0 Å². The van der Waals surface area contributed by atoms with Crippen molar-refractivity contribution in [2.24, 2.45) is 0 Å². The van der Waals surface area contributed by atoms with Crippen molar-refractivity contribution < 1.29 is 0 Å². The maximum absolute atomic E-state index is 11.3. The molecule has 0 heterocycles. The standard InChI is InChI=1S/C68H58N4/c69-39-45-15-13-19-47(35-45)59-60(48-20-14-16-46(36-48)40-70)62(50-24-26-56-58(38-50)68(33-11-12-34-68)44-66(56)29-7-8-30-66)64(54-22-4-2-18-52(54)42-72)63(53-21-3-1-17-51(53)41-71)61(59)49-23-25-55-57(37-49)67(31-9-10-32-67)43-65(55)27-5-6-28-65/h1-4,13-26,35-38H,5-12,27-34,43-44H2. The van der Waals surface area contributed by atoms with Crippen LogP contribution in [0.4, 0.5) is 0 Å². The first-order valence-electron chi connectivity index (χ1n) is 26.9. The smallest absolute Gasteiger partial charge is 0.0998 e. The maximum Gasteiger partial charge on any atom is 0.0998 e. The second-order valence-corrected chi connectivity index (χ2v) is 22.8. The molecule has 7 aromatic rings. The molecule has 7 aromatic carbocycles. The Morgan fingerprint density at radius 3 is 0.986 bits per heavy atom. The normalized spacial score (nSPS) is 19.1. The number of rotatable bonds is 6. The quantitative estimate of drug-likeness (QED) is 0.166. The first-order chi connectivity index (χ1) is 35.4. The van der Waals surface area contributed by atoms with Gasteiger partial charge < -0.3 is 0 Å². The molecule has 0 N–H and O–H groups in total. The highest BCUT2D eigenvalue weighted by Crippen LogP contribution is 2.66. The van der Waals surface area contributed by atoms with Crippen molar-refractivity contribution >= 4 is 0 Å². The molecule has 13 rings (SSSR count). The molecule has 4 heteroatoms. The van der Waals surface area contributed by atoms with Crippen molar-refractivity contribution in [1.29, 1.82) is 21.0 Å². The number of benzene rings is 7. The molecule has 0 bridgehead atoms. The van der Waals surface area contributed by atoms with Crippen molar-refractivity contribution in [3.63, 3.8) is 0 Å². The predicted molar refractivity (Wildman–Crippen MR) is 288 cm³/mol. The minimum absolute atomic E-state index is 0.110. The lowest BCUT2D eigenvalue weighted by atomic mass is 9.71. The second kappa shape index (κ2) is 17.1. The molecule has 4 fully saturated rings. The molecular weight excluding hydrogens is 873 g/mol. The van der Waals surface area contributed by atoms with Gasteiger partial charge in [-0.05, 0) is 200 Å². The van der Waals surface area contributed by atoms with Gasteiger partial charge in [0.1, 0.15) is 0 Å². The predicted octanol–water partition coefficient (Wildman–Crippen LogP) is 17.2. The van der Waals surface area contributed by atoms with Crippen molar-refractivity contribution in [3.8, 4) is 91.0 Å². The van der Waals surface area contributed by atoms with Crippen LogP contribution in [0.15, 0.2) is 133 Å². The maximum atomic E-state index is 11.3. The SMILES string of the molecule is N#Cc1cccc(-c2c(-c3cccc(C#N)c3)c(-c3ccc4c(c3)C3(CCCC3)CC43CCCC3)c(-c3ccccc3C#N)c(-c3ccccc3C#N)c2-c2ccc3c(c2)C2(CCCC2)CC32CCCC2)c1. The summed E-state index contributed by atoms with van der Waals surface area (Å²) >= 11 is 0. The Hall–Kier alpha value is -7.50. The molecule has 6 aliphatic rings. The van der Waals surface area contributed by atoms with Gasteiger partial charge in [-0.25, -0.2) is 0 Å². The number of fused-ring (bicyclic) bond motifs is 6. The van der Waals surface area contributed by atoms with Gasteiger partial charge in [-0.1, -0.05) is 148 Å². The minimum Gasteiger partial charge on any atom is -0.192 e. The number of nitriles is 4. The van der Waals surface area contributed by atoms with E-state index in [1.54, 1.807) is 0 Å². The van der Waals surface area contributed by atoms with Crippen LogP contribution in [0.1, 0.15) is 160 Å². The summed E-state index contributed by atoms with van der Waals surface area (Å²) in [5.74, 6) is 0. The van der Waals surface area contributed by atoms with Gasteiger partial charge in [0, 0.05) is 11.1 Å². The average molecular weight is 931 g/mol. The van der Waals surface area contributed by atoms with Gasteiger partial charge in [0.05, 0.1) is 46.5 Å². The third-order valence-electron chi connectivity index (χ3n) is 19.2. The molecule has 4 nitrogen and oxygen atoms in total. The van der Waals surface area contributed by atoms with Crippen LogP contribution in [0.25, 0.3) is 66.8 Å². The van der Waals surface area contributed by atoms with Crippen molar-refractivity contribution in [2.45, 2.75) is 137 Å². The first-order valence-corrected chi connectivity index (χ1v) is 26.9. The van der Waals surface area contributed by atoms with E-state index in [0.29, 0.717) is 22.3 Å². The zero-order valence-corrected chi connectivity index (χ0v) is 41.2. The van der Waals surface area contributed by atoms with Crippen LogP contribution >= 0.6 is 0 Å². The molecule has 0 radical (unpaired) electrons. The van der Waals surface area contributed by atoms with Crippen LogP contribution < -0.4 is 0 Å². The lowest BCUT2D eigenvalue weighted by molar-refractivity contribution is 0.323. The fourth-order valence-corrected chi connectivity index (χ4v) is 16.4. The molecule has 0 amide bonds. The summed E-state index contributed by atoms with van der Waals surface area (Å²) < 4.78 is 0. The van der Waals surface area contributed by atoms with E-state index in [-0.39, 0.29) is 21.7 Å². The number of hydrogen-bond donors (Lipinski definition) is 0. The lowest BCUT2D eigenvalue weighted by Gasteiger charge is -2.31. The zero-order chi connectivity index (χ0) is 48.7. The van der Waals surface area contributed by atoms with Crippen LogP contribution in [0.2, 0.25) is 0 Å². The average Bonchev–Trinajstić information content (AvgIpc) is 4.33. The summed E-state index contributed by atoms with van der Waals surface area (Å²) in [6.07, 6.45) is 22.2. The molecule has 4 saturated carbocycles. The Morgan fingerprint density at radius 2 is 0.625 bits per heavy atom. The van der Waals surface area contributed by atoms with E-state index in [2.05, 4.69) is 84.9 Å². The van der Waals surface area contributed by atoms with Crippen molar-refractivity contribution in [2.75, 3.05) is 0 Å². The molecule has 0 aliphatic heterocycles. The Kier molecular flexibility index (Phi) is 10.5. The summed E-state index contributed by atoms with van der Waals surface area (Å²) in [4.78, 5) is 0. The molecule has 4 spiro atoms. The zero-order valence-electron chi connectivity index (χ0n) is 41.2. The van der Waals surface area contributed by atoms with Gasteiger partial charge in [-0.15, -0.1) is 0 Å². The second-order valence-electron chi connectivity index (χ2n) is 22.8. The number of nitrogens with zero attached hydrogens (tertiary/aromatic N) is 4. The van der Waals surface area contributed by atoms with E-state index in [4.69, 9.17) is 0 Å². The monoisotopic (exact) mass is 930 g/mol. The van der Waals surface area contributed by atoms with E-state index in [1.165, 1.54) is 138 Å². The highest BCUT2D eigenvalue weighted by Gasteiger charge is 2.55. The fourth-order valence-electron chi connectivity index (χ4n) is 16.4.